The van der Waals surface area contributed by atoms with E-state index in [-0.39, 0.29) is 0 Å². The molecule has 0 aromatic rings. The number of ether oxygens (including phenoxy) is 2. The number of nitrogens with one attached hydrogen (secondary N) is 1. The Morgan fingerprint density at radius 3 is 3.20 bits per heavy atom. The molecule has 0 spiro atoms. The molecule has 3 nitrogen and oxygen atoms in total. The van der Waals surface area contributed by atoms with Crippen molar-refractivity contribution < 1.29 is 9.47 Å². The quantitative estimate of drug-likeness (QED) is 0.506. The molecular weight excluding hydrogens is 130 g/mol. The minimum atomic E-state index is 0.448. The molecule has 0 saturated carbocycles. The summed E-state index contributed by atoms with van der Waals surface area (Å²) in [5.41, 5.74) is 1.40. The van der Waals surface area contributed by atoms with Gasteiger partial charge in [0.25, 0.3) is 0 Å². The van der Waals surface area contributed by atoms with E-state index in [0.717, 1.165) is 19.1 Å². The largest absolute Gasteiger partial charge is 0.470 e. The standard InChI is InChI=1S/C7H9NO2/c1-4-5-2-9-3-10-7(5)6(4)8-1/h4,6,8H,1-3H2. The minimum Gasteiger partial charge on any atom is -0.470 e. The predicted octanol–water partition coefficient (Wildman–Crippen LogP) is -0.154. The van der Waals surface area contributed by atoms with E-state index in [1.165, 1.54) is 11.3 Å². The molecule has 10 heavy (non-hydrogen) atoms. The van der Waals surface area contributed by atoms with Gasteiger partial charge < -0.3 is 14.8 Å². The fraction of sp³-hybridized carbons (Fsp3) is 0.714. The number of hydrogen-bond donors (Lipinski definition) is 1. The molecule has 3 rings (SSSR count). The molecule has 2 unspecified atom stereocenters. The molecule has 1 fully saturated rings. The van der Waals surface area contributed by atoms with Crippen LogP contribution in [0.15, 0.2) is 11.3 Å². The van der Waals surface area contributed by atoms with Crippen LogP contribution in [0.3, 0.4) is 0 Å². The molecule has 0 radical (unpaired) electrons. The van der Waals surface area contributed by atoms with Gasteiger partial charge in [0.05, 0.1) is 12.6 Å². The molecule has 3 heteroatoms. The van der Waals surface area contributed by atoms with Gasteiger partial charge in [-0.05, 0) is 0 Å². The average Bonchev–Trinajstić information content (AvgIpc) is 1.90. The highest BCUT2D eigenvalue weighted by Crippen LogP contribution is 2.42. The molecule has 0 bridgehead atoms. The summed E-state index contributed by atoms with van der Waals surface area (Å²) < 4.78 is 10.5. The highest BCUT2D eigenvalue weighted by Gasteiger charge is 2.49. The zero-order valence-corrected chi connectivity index (χ0v) is 5.59. The van der Waals surface area contributed by atoms with Crippen LogP contribution in [0.25, 0.3) is 0 Å². The molecule has 0 aromatic heterocycles. The van der Waals surface area contributed by atoms with Gasteiger partial charge in [-0.2, -0.15) is 0 Å². The van der Waals surface area contributed by atoms with E-state index in [1.54, 1.807) is 0 Å². The van der Waals surface area contributed by atoms with E-state index >= 15 is 0 Å². The van der Waals surface area contributed by atoms with Gasteiger partial charge in [0.1, 0.15) is 5.76 Å². The molecule has 2 aliphatic heterocycles. The van der Waals surface area contributed by atoms with Crippen LogP contribution in [-0.4, -0.2) is 26.0 Å². The molecule has 3 aliphatic rings. The van der Waals surface area contributed by atoms with Crippen LogP contribution in [0.1, 0.15) is 0 Å². The van der Waals surface area contributed by atoms with Gasteiger partial charge in [-0.3, -0.25) is 0 Å². The van der Waals surface area contributed by atoms with E-state index in [4.69, 9.17) is 9.47 Å². The summed E-state index contributed by atoms with van der Waals surface area (Å²) in [6, 6.07) is 0.555. The Kier molecular flexibility index (Phi) is 0.796. The van der Waals surface area contributed by atoms with Crippen LogP contribution < -0.4 is 5.32 Å². The maximum absolute atomic E-state index is 5.31. The fourth-order valence-electron chi connectivity index (χ4n) is 1.86. The lowest BCUT2D eigenvalue weighted by molar-refractivity contribution is -0.0793. The van der Waals surface area contributed by atoms with E-state index in [0.29, 0.717) is 12.8 Å². The molecule has 2 atom stereocenters. The van der Waals surface area contributed by atoms with Crippen molar-refractivity contribution in [2.45, 2.75) is 6.04 Å². The van der Waals surface area contributed by atoms with Crippen molar-refractivity contribution in [2.24, 2.45) is 5.92 Å². The summed E-state index contributed by atoms with van der Waals surface area (Å²) in [5.74, 6) is 1.91. The Morgan fingerprint density at radius 1 is 1.50 bits per heavy atom. The van der Waals surface area contributed by atoms with Gasteiger partial charge in [-0.25, -0.2) is 0 Å². The van der Waals surface area contributed by atoms with Crippen molar-refractivity contribution in [3.8, 4) is 0 Å². The second kappa shape index (κ2) is 1.54. The van der Waals surface area contributed by atoms with Crippen molar-refractivity contribution in [1.29, 1.82) is 0 Å². The maximum Gasteiger partial charge on any atom is 0.189 e. The van der Waals surface area contributed by atoms with Crippen LogP contribution in [-0.2, 0) is 9.47 Å². The third kappa shape index (κ3) is 0.413. The van der Waals surface area contributed by atoms with Gasteiger partial charge in [-0.15, -0.1) is 0 Å². The molecule has 1 aliphatic carbocycles. The van der Waals surface area contributed by atoms with Crippen LogP contribution in [0.5, 0.6) is 0 Å². The summed E-state index contributed by atoms with van der Waals surface area (Å²) in [6.07, 6.45) is 0. The average molecular weight is 139 g/mol. The van der Waals surface area contributed by atoms with E-state index < -0.39 is 0 Å². The molecule has 0 amide bonds. The summed E-state index contributed by atoms with van der Waals surface area (Å²) in [7, 11) is 0. The first-order valence-electron chi connectivity index (χ1n) is 3.63. The highest BCUT2D eigenvalue weighted by molar-refractivity contribution is 5.37. The van der Waals surface area contributed by atoms with Crippen molar-refractivity contribution in [3.05, 3.63) is 11.3 Å². The Hall–Kier alpha value is -0.540. The van der Waals surface area contributed by atoms with E-state index in [9.17, 15) is 0 Å². The molecule has 1 saturated heterocycles. The Balaban J connectivity index is 1.95. The van der Waals surface area contributed by atoms with Crippen molar-refractivity contribution >= 4 is 0 Å². The van der Waals surface area contributed by atoms with Gasteiger partial charge in [0.2, 0.25) is 0 Å². The molecule has 54 valence electrons. The predicted molar refractivity (Wildman–Crippen MR) is 34.2 cm³/mol. The van der Waals surface area contributed by atoms with Crippen LogP contribution in [0, 0.1) is 5.92 Å². The van der Waals surface area contributed by atoms with Crippen LogP contribution >= 0.6 is 0 Å². The third-order valence-corrected chi connectivity index (χ3v) is 2.56. The topological polar surface area (TPSA) is 30.5 Å². The SMILES string of the molecule is C1OCC2=C(O1)C1NCC21. The number of fused-ring (bicyclic) bond motifs is 3. The fourth-order valence-corrected chi connectivity index (χ4v) is 1.86. The van der Waals surface area contributed by atoms with Gasteiger partial charge in [0, 0.05) is 18.0 Å². The first-order chi connectivity index (χ1) is 4.97. The van der Waals surface area contributed by atoms with Gasteiger partial charge >= 0.3 is 0 Å². The third-order valence-electron chi connectivity index (χ3n) is 2.56. The van der Waals surface area contributed by atoms with Gasteiger partial charge in [-0.1, -0.05) is 0 Å². The Morgan fingerprint density at radius 2 is 2.50 bits per heavy atom. The van der Waals surface area contributed by atoms with E-state index in [2.05, 4.69) is 5.32 Å². The Bertz CT molecular complexity index is 190. The highest BCUT2D eigenvalue weighted by atomic mass is 16.7. The van der Waals surface area contributed by atoms with Crippen LogP contribution in [0.4, 0.5) is 0 Å². The lowest BCUT2D eigenvalue weighted by atomic mass is 9.72. The molecule has 1 N–H and O–H groups in total. The lowest BCUT2D eigenvalue weighted by Crippen LogP contribution is -2.63. The zero-order valence-electron chi connectivity index (χ0n) is 5.59. The smallest absolute Gasteiger partial charge is 0.189 e. The monoisotopic (exact) mass is 139 g/mol. The molecule has 0 aromatic carbocycles. The zero-order chi connectivity index (χ0) is 6.55. The minimum absolute atomic E-state index is 0.448. The Labute approximate surface area is 59.0 Å². The summed E-state index contributed by atoms with van der Waals surface area (Å²) in [6.45, 7) is 2.37. The second-order valence-electron chi connectivity index (χ2n) is 2.99. The first kappa shape index (κ1) is 5.16. The molecular formula is C7H9NO2. The first-order valence-corrected chi connectivity index (χ1v) is 3.63. The van der Waals surface area contributed by atoms with Crippen LogP contribution in [0.2, 0.25) is 0 Å². The number of rotatable bonds is 0. The summed E-state index contributed by atoms with van der Waals surface area (Å²) in [4.78, 5) is 0. The van der Waals surface area contributed by atoms with Crippen molar-refractivity contribution in [1.82, 2.24) is 5.32 Å². The number of hydrogen-bond acceptors (Lipinski definition) is 3. The van der Waals surface area contributed by atoms with Crippen molar-refractivity contribution in [2.75, 3.05) is 19.9 Å². The normalized spacial score (nSPS) is 42.4. The molecule has 2 heterocycles. The summed E-state index contributed by atoms with van der Waals surface area (Å²) >= 11 is 0. The van der Waals surface area contributed by atoms with Gasteiger partial charge in [0.15, 0.2) is 6.79 Å². The second-order valence-corrected chi connectivity index (χ2v) is 2.99. The van der Waals surface area contributed by atoms with E-state index in [1.807, 2.05) is 0 Å². The van der Waals surface area contributed by atoms with Crippen molar-refractivity contribution in [3.63, 3.8) is 0 Å². The lowest BCUT2D eigenvalue weighted by Gasteiger charge is -2.51. The summed E-state index contributed by atoms with van der Waals surface area (Å²) in [5, 5.41) is 3.31. The maximum atomic E-state index is 5.31.